The van der Waals surface area contributed by atoms with Crippen molar-refractivity contribution in [1.29, 1.82) is 0 Å². The Kier molecular flexibility index (Phi) is 4.29. The molecule has 4 N–H and O–H groups in total. The number of amides is 2. The molecule has 0 aromatic carbocycles. The first-order chi connectivity index (χ1) is 7.43. The third kappa shape index (κ3) is 2.95. The van der Waals surface area contributed by atoms with Crippen molar-refractivity contribution in [3.63, 3.8) is 0 Å². The summed E-state index contributed by atoms with van der Waals surface area (Å²) in [6.45, 7) is 2.04. The Balaban J connectivity index is 2.61. The smallest absolute Gasteiger partial charge is 0.237 e. The molecule has 1 aliphatic rings. The largest absolute Gasteiger partial charge is 0.368 e. The van der Waals surface area contributed by atoms with E-state index in [1.165, 1.54) is 4.90 Å². The van der Waals surface area contributed by atoms with Crippen molar-refractivity contribution in [2.24, 2.45) is 23.3 Å². The highest BCUT2D eigenvalue weighted by Crippen LogP contribution is 2.28. The summed E-state index contributed by atoms with van der Waals surface area (Å²) in [6.07, 6.45) is 2.91. The van der Waals surface area contributed by atoms with Crippen LogP contribution in [0.4, 0.5) is 0 Å². The Morgan fingerprint density at radius 3 is 2.56 bits per heavy atom. The molecule has 0 aromatic rings. The van der Waals surface area contributed by atoms with Crippen LogP contribution in [0.3, 0.4) is 0 Å². The lowest BCUT2D eigenvalue weighted by molar-refractivity contribution is -0.139. The molecule has 1 saturated carbocycles. The van der Waals surface area contributed by atoms with E-state index in [1.807, 2.05) is 0 Å². The molecular formula is C11H21N3O2. The topological polar surface area (TPSA) is 89.4 Å². The van der Waals surface area contributed by atoms with Gasteiger partial charge in [0.05, 0.1) is 12.5 Å². The molecule has 0 heterocycles. The molecule has 5 heteroatoms. The summed E-state index contributed by atoms with van der Waals surface area (Å²) in [7, 11) is 1.60. The van der Waals surface area contributed by atoms with Crippen LogP contribution in [0.1, 0.15) is 26.2 Å². The van der Waals surface area contributed by atoms with Gasteiger partial charge in [-0.2, -0.15) is 0 Å². The van der Waals surface area contributed by atoms with Gasteiger partial charge in [-0.25, -0.2) is 0 Å². The number of hydrogen-bond donors (Lipinski definition) is 2. The van der Waals surface area contributed by atoms with Crippen LogP contribution in [0.15, 0.2) is 0 Å². The van der Waals surface area contributed by atoms with E-state index in [9.17, 15) is 9.59 Å². The SMILES string of the molecule is CC1CCCC(C(=O)N(C)CC(N)=O)C1N. The van der Waals surface area contributed by atoms with E-state index in [0.717, 1.165) is 19.3 Å². The Bertz CT molecular complexity index is 280. The summed E-state index contributed by atoms with van der Waals surface area (Å²) >= 11 is 0. The van der Waals surface area contributed by atoms with Crippen LogP contribution in [-0.4, -0.2) is 36.3 Å². The van der Waals surface area contributed by atoms with Crippen LogP contribution >= 0.6 is 0 Å². The number of carbonyl (C=O) groups is 2. The van der Waals surface area contributed by atoms with Crippen molar-refractivity contribution < 1.29 is 9.59 Å². The first-order valence-electron chi connectivity index (χ1n) is 5.72. The minimum atomic E-state index is -0.492. The van der Waals surface area contributed by atoms with E-state index in [4.69, 9.17) is 11.5 Å². The van der Waals surface area contributed by atoms with Gasteiger partial charge in [0.25, 0.3) is 0 Å². The average molecular weight is 227 g/mol. The Morgan fingerprint density at radius 2 is 2.00 bits per heavy atom. The van der Waals surface area contributed by atoms with E-state index < -0.39 is 5.91 Å². The van der Waals surface area contributed by atoms with Crippen LogP contribution < -0.4 is 11.5 Å². The van der Waals surface area contributed by atoms with Gasteiger partial charge in [-0.15, -0.1) is 0 Å². The third-order valence-corrected chi connectivity index (χ3v) is 3.38. The van der Waals surface area contributed by atoms with Crippen molar-refractivity contribution in [3.8, 4) is 0 Å². The number of nitrogens with zero attached hydrogens (tertiary/aromatic N) is 1. The second-order valence-corrected chi connectivity index (χ2v) is 4.75. The van der Waals surface area contributed by atoms with Gasteiger partial charge in [0, 0.05) is 13.1 Å². The highest BCUT2D eigenvalue weighted by molar-refractivity contribution is 5.85. The van der Waals surface area contributed by atoms with Gasteiger partial charge in [-0.3, -0.25) is 9.59 Å². The zero-order valence-corrected chi connectivity index (χ0v) is 9.98. The molecule has 16 heavy (non-hydrogen) atoms. The zero-order valence-electron chi connectivity index (χ0n) is 9.98. The lowest BCUT2D eigenvalue weighted by Gasteiger charge is -2.34. The molecule has 0 radical (unpaired) electrons. The fourth-order valence-electron chi connectivity index (χ4n) is 2.32. The minimum absolute atomic E-state index is 0.0313. The van der Waals surface area contributed by atoms with Gasteiger partial charge >= 0.3 is 0 Å². The number of nitrogens with two attached hydrogens (primary N) is 2. The van der Waals surface area contributed by atoms with Crippen molar-refractivity contribution >= 4 is 11.8 Å². The molecule has 1 rings (SSSR count). The quantitative estimate of drug-likeness (QED) is 0.693. The van der Waals surface area contributed by atoms with Gasteiger partial charge in [0.2, 0.25) is 11.8 Å². The normalized spacial score (nSPS) is 29.8. The number of hydrogen-bond acceptors (Lipinski definition) is 3. The average Bonchev–Trinajstić information content (AvgIpc) is 2.20. The molecule has 5 nitrogen and oxygen atoms in total. The highest BCUT2D eigenvalue weighted by atomic mass is 16.2. The molecule has 3 atom stereocenters. The van der Waals surface area contributed by atoms with Crippen molar-refractivity contribution in [2.45, 2.75) is 32.2 Å². The van der Waals surface area contributed by atoms with Gasteiger partial charge in [0.1, 0.15) is 0 Å². The molecule has 1 fully saturated rings. The fourth-order valence-corrected chi connectivity index (χ4v) is 2.32. The van der Waals surface area contributed by atoms with E-state index in [2.05, 4.69) is 6.92 Å². The first kappa shape index (κ1) is 13.0. The van der Waals surface area contributed by atoms with Gasteiger partial charge in [-0.1, -0.05) is 13.3 Å². The zero-order chi connectivity index (χ0) is 12.3. The summed E-state index contributed by atoms with van der Waals surface area (Å²) in [6, 6.07) is -0.100. The van der Waals surface area contributed by atoms with Crippen molar-refractivity contribution in [2.75, 3.05) is 13.6 Å². The highest BCUT2D eigenvalue weighted by Gasteiger charge is 2.34. The monoisotopic (exact) mass is 227 g/mol. The Labute approximate surface area is 96.1 Å². The van der Waals surface area contributed by atoms with Crippen LogP contribution in [0.5, 0.6) is 0 Å². The molecule has 0 saturated heterocycles. The third-order valence-electron chi connectivity index (χ3n) is 3.38. The Hall–Kier alpha value is -1.10. The van der Waals surface area contributed by atoms with Crippen molar-refractivity contribution in [1.82, 2.24) is 4.90 Å². The van der Waals surface area contributed by atoms with Crippen LogP contribution in [0, 0.1) is 11.8 Å². The molecule has 0 aromatic heterocycles. The maximum atomic E-state index is 12.0. The number of rotatable bonds is 3. The second kappa shape index (κ2) is 5.30. The van der Waals surface area contributed by atoms with Crippen LogP contribution in [0.25, 0.3) is 0 Å². The summed E-state index contributed by atoms with van der Waals surface area (Å²) < 4.78 is 0. The molecule has 3 unspecified atom stereocenters. The summed E-state index contributed by atoms with van der Waals surface area (Å²) in [4.78, 5) is 24.1. The van der Waals surface area contributed by atoms with Crippen molar-refractivity contribution in [3.05, 3.63) is 0 Å². The Morgan fingerprint density at radius 1 is 1.38 bits per heavy atom. The standard InChI is InChI=1S/C11H21N3O2/c1-7-4-3-5-8(10(7)13)11(16)14(2)6-9(12)15/h7-8,10H,3-6,13H2,1-2H3,(H2,12,15). The van der Waals surface area contributed by atoms with E-state index >= 15 is 0 Å². The molecule has 1 aliphatic carbocycles. The number of primary amides is 1. The molecule has 0 bridgehead atoms. The number of carbonyl (C=O) groups excluding carboxylic acids is 2. The molecule has 92 valence electrons. The van der Waals surface area contributed by atoms with E-state index in [-0.39, 0.29) is 24.4 Å². The first-order valence-corrected chi connectivity index (χ1v) is 5.72. The molecule has 2 amide bonds. The lowest BCUT2D eigenvalue weighted by atomic mass is 9.77. The fraction of sp³-hybridized carbons (Fsp3) is 0.818. The summed E-state index contributed by atoms with van der Waals surface area (Å²) in [5.74, 6) is -0.344. The van der Waals surface area contributed by atoms with Gasteiger partial charge < -0.3 is 16.4 Å². The molecule has 0 spiro atoms. The minimum Gasteiger partial charge on any atom is -0.368 e. The van der Waals surface area contributed by atoms with E-state index in [1.54, 1.807) is 7.05 Å². The second-order valence-electron chi connectivity index (χ2n) is 4.75. The maximum Gasteiger partial charge on any atom is 0.237 e. The van der Waals surface area contributed by atoms with Gasteiger partial charge in [-0.05, 0) is 18.8 Å². The maximum absolute atomic E-state index is 12.0. The molecule has 0 aliphatic heterocycles. The summed E-state index contributed by atoms with van der Waals surface area (Å²) in [5, 5.41) is 0. The number of likely N-dealkylation sites (N-methyl/N-ethyl adjacent to an activating group) is 1. The molecular weight excluding hydrogens is 206 g/mol. The van der Waals surface area contributed by atoms with Crippen LogP contribution in [-0.2, 0) is 9.59 Å². The van der Waals surface area contributed by atoms with Crippen LogP contribution in [0.2, 0.25) is 0 Å². The summed E-state index contributed by atoms with van der Waals surface area (Å²) in [5.41, 5.74) is 11.1. The lowest BCUT2D eigenvalue weighted by Crippen LogP contribution is -2.49. The van der Waals surface area contributed by atoms with E-state index in [0.29, 0.717) is 5.92 Å². The van der Waals surface area contributed by atoms with Gasteiger partial charge in [0.15, 0.2) is 0 Å². The predicted octanol–water partition coefficient (Wildman–Crippen LogP) is -0.306. The predicted molar refractivity (Wildman–Crippen MR) is 61.3 cm³/mol.